The van der Waals surface area contributed by atoms with Gasteiger partial charge in [-0.1, -0.05) is 12.1 Å². The zero-order valence-electron chi connectivity index (χ0n) is 13.7. The van der Waals surface area contributed by atoms with Crippen molar-refractivity contribution in [2.45, 2.75) is 4.71 Å². The molecule has 0 spiro atoms. The normalized spacial score (nSPS) is 15.8. The third-order valence-electron chi connectivity index (χ3n) is 4.36. The molecule has 0 N–H and O–H groups in total. The van der Waals surface area contributed by atoms with Gasteiger partial charge in [-0.25, -0.2) is 4.71 Å². The second kappa shape index (κ2) is 9.08. The monoisotopic (exact) mass is 580 g/mol. The number of anilines is 1. The van der Waals surface area contributed by atoms with E-state index < -0.39 is 12.4 Å². The summed E-state index contributed by atoms with van der Waals surface area (Å²) >= 11 is 10.2. The van der Waals surface area contributed by atoms with Crippen molar-refractivity contribution in [3.8, 4) is 5.69 Å². The predicted molar refractivity (Wildman–Crippen MR) is 99.0 cm³/mol. The molecule has 0 saturated carbocycles. The Bertz CT molecular complexity index is 706. The van der Waals surface area contributed by atoms with Crippen LogP contribution in [0.15, 0.2) is 48.8 Å². The van der Waals surface area contributed by atoms with Crippen molar-refractivity contribution in [2.75, 3.05) is 31.1 Å². The summed E-state index contributed by atoms with van der Waals surface area (Å²) < 4.78 is 39.6. The molecule has 2 heterocycles. The first-order valence-electron chi connectivity index (χ1n) is 7.97. The molecule has 3 nitrogen and oxygen atoms in total. The molecular weight excluding hydrogens is 563 g/mol. The Morgan fingerprint density at radius 3 is 1.88 bits per heavy atom. The Morgan fingerprint density at radius 1 is 0.885 bits per heavy atom. The molecule has 10 heteroatoms. The first-order chi connectivity index (χ1) is 11.8. The van der Waals surface area contributed by atoms with Crippen LogP contribution in [0.1, 0.15) is 0 Å². The maximum atomic E-state index is 12.7. The molecule has 1 fully saturated rings. The molecule has 1 radical (unpaired) electrons. The molecule has 0 atom stereocenters. The first-order valence-corrected chi connectivity index (χ1v) is 8.91. The van der Waals surface area contributed by atoms with Crippen molar-refractivity contribution < 1.29 is 39.9 Å². The summed E-state index contributed by atoms with van der Waals surface area (Å²) in [6.45, 7) is -1.56. The van der Waals surface area contributed by atoms with Crippen molar-refractivity contribution in [1.29, 1.82) is 0 Å². The number of hydrogen-bond acceptors (Lipinski definition) is 4. The average molecular weight is 580 g/mol. The average Bonchev–Trinajstić information content (AvgIpc) is 2.61. The summed E-state index contributed by atoms with van der Waals surface area (Å²) in [7, 11) is 0. The quantitative estimate of drug-likeness (QED) is 0.309. The molecule has 1 saturated heterocycles. The summed E-state index contributed by atoms with van der Waals surface area (Å²) in [5.41, 5.74) is 1.19. The van der Waals surface area contributed by atoms with Gasteiger partial charge in [0.05, 0.1) is 0 Å². The van der Waals surface area contributed by atoms with E-state index in [9.17, 15) is 12.9 Å². The van der Waals surface area contributed by atoms with Crippen molar-refractivity contribution in [3.63, 3.8) is 0 Å². The van der Waals surface area contributed by atoms with Gasteiger partial charge in [-0.3, -0.25) is 0 Å². The van der Waals surface area contributed by atoms with Gasteiger partial charge in [-0.15, -0.1) is 5.46 Å². The summed E-state index contributed by atoms with van der Waals surface area (Å²) in [6.07, 6.45) is 3.72. The Labute approximate surface area is 178 Å². The Kier molecular flexibility index (Phi) is 7.58. The zero-order valence-corrected chi connectivity index (χ0v) is 17.5. The van der Waals surface area contributed by atoms with E-state index in [4.69, 9.17) is 25.3 Å². The van der Waals surface area contributed by atoms with Gasteiger partial charge in [-0.2, -0.15) is 4.57 Å². The second-order valence-electron chi connectivity index (χ2n) is 5.96. The van der Waals surface area contributed by atoms with Gasteiger partial charge in [0.2, 0.25) is 5.69 Å². The maximum Gasteiger partial charge on any atom is 0.509 e. The standard InChI is InChI=1S/C16H19BF3N3S2.Au/c18-17(19,20)13-1-3-14(4-2-13)21-7-5-15(6-8-21)22-9-11-23(12-10-22)16(24)25;/h1-8,16,24-25H,9-12H2;/p-2. The van der Waals surface area contributed by atoms with Crippen LogP contribution in [-0.2, 0) is 47.6 Å². The van der Waals surface area contributed by atoms with Gasteiger partial charge in [0.15, 0.2) is 12.4 Å². The van der Waals surface area contributed by atoms with Crippen LogP contribution in [0.4, 0.5) is 18.6 Å². The SMILES string of the molecule is F[B-](F)(F)c1ccc(-[n+]2ccc(N3CCN(C([S-])[S-])CC3)cc2)cc1.[Au]. The summed E-state index contributed by atoms with van der Waals surface area (Å²) in [4.78, 5) is 4.34. The van der Waals surface area contributed by atoms with E-state index in [-0.39, 0.29) is 27.1 Å². The van der Waals surface area contributed by atoms with Gasteiger partial charge < -0.3 is 48.0 Å². The smallest absolute Gasteiger partial charge is 0.509 e. The largest absolute Gasteiger partial charge is 0.800 e. The van der Waals surface area contributed by atoms with E-state index in [2.05, 4.69) is 9.80 Å². The molecule has 0 aliphatic carbocycles. The van der Waals surface area contributed by atoms with Crippen LogP contribution in [0, 0.1) is 0 Å². The van der Waals surface area contributed by atoms with Gasteiger partial charge in [0.25, 0.3) is 0 Å². The molecule has 0 unspecified atom stereocenters. The molecule has 0 amide bonds. The molecule has 0 bridgehead atoms. The molecule has 2 aromatic rings. The maximum absolute atomic E-state index is 12.7. The predicted octanol–water partition coefficient (Wildman–Crippen LogP) is 1.51. The third-order valence-corrected chi connectivity index (χ3v) is 4.95. The Hall–Kier alpha value is -0.575. The molecular formula is C16H17AuBF3N3S2-2. The van der Waals surface area contributed by atoms with E-state index in [1.807, 2.05) is 24.5 Å². The van der Waals surface area contributed by atoms with E-state index >= 15 is 0 Å². The van der Waals surface area contributed by atoms with Gasteiger partial charge in [0.1, 0.15) is 0 Å². The van der Waals surface area contributed by atoms with Crippen molar-refractivity contribution in [3.05, 3.63) is 48.8 Å². The fourth-order valence-electron chi connectivity index (χ4n) is 2.86. The number of piperazine rings is 1. The van der Waals surface area contributed by atoms with Crippen LogP contribution in [0.25, 0.3) is 5.69 Å². The van der Waals surface area contributed by atoms with Crippen molar-refractivity contribution in [1.82, 2.24) is 4.90 Å². The Morgan fingerprint density at radius 2 is 1.42 bits per heavy atom. The fraction of sp³-hybridized carbons (Fsp3) is 0.312. The molecule has 145 valence electrons. The molecule has 1 aliphatic rings. The van der Waals surface area contributed by atoms with Gasteiger partial charge >= 0.3 is 6.98 Å². The number of benzene rings is 1. The number of pyridine rings is 1. The van der Waals surface area contributed by atoms with Gasteiger partial charge in [-0.05, 0) is 0 Å². The van der Waals surface area contributed by atoms with Crippen molar-refractivity contribution in [2.24, 2.45) is 0 Å². The Balaban J connectivity index is 0.00000243. The minimum Gasteiger partial charge on any atom is -0.800 e. The summed E-state index contributed by atoms with van der Waals surface area (Å²) in [5, 5.41) is 0. The van der Waals surface area contributed by atoms with Crippen LogP contribution >= 0.6 is 0 Å². The minimum absolute atomic E-state index is 0. The first kappa shape index (κ1) is 21.7. The molecule has 1 aromatic heterocycles. The van der Waals surface area contributed by atoms with Crippen LogP contribution in [0.3, 0.4) is 0 Å². The molecule has 1 aromatic carbocycles. The molecule has 1 aliphatic heterocycles. The number of nitrogens with zero attached hydrogens (tertiary/aromatic N) is 3. The topological polar surface area (TPSA) is 10.4 Å². The fourth-order valence-corrected chi connectivity index (χ4v) is 3.28. The van der Waals surface area contributed by atoms with E-state index in [1.165, 1.54) is 12.1 Å². The molecule has 3 rings (SSSR count). The number of aromatic nitrogens is 1. The summed E-state index contributed by atoms with van der Waals surface area (Å²) in [5.74, 6) is 0. The molecule has 26 heavy (non-hydrogen) atoms. The van der Waals surface area contributed by atoms with E-state index in [1.54, 1.807) is 4.57 Å². The number of hydrogen-bond donors (Lipinski definition) is 0. The van der Waals surface area contributed by atoms with Crippen LogP contribution in [0.2, 0.25) is 0 Å². The zero-order chi connectivity index (χ0) is 18.0. The van der Waals surface area contributed by atoms with E-state index in [0.29, 0.717) is 5.69 Å². The summed E-state index contributed by atoms with van der Waals surface area (Å²) in [6, 6.07) is 9.14. The van der Waals surface area contributed by atoms with Crippen LogP contribution < -0.4 is 14.9 Å². The third kappa shape index (κ3) is 5.24. The van der Waals surface area contributed by atoms with E-state index in [0.717, 1.165) is 44.0 Å². The van der Waals surface area contributed by atoms with Crippen LogP contribution in [0.5, 0.6) is 0 Å². The van der Waals surface area contributed by atoms with Crippen LogP contribution in [-0.4, -0.2) is 42.8 Å². The second-order valence-corrected chi connectivity index (χ2v) is 7.15. The van der Waals surface area contributed by atoms with Crippen molar-refractivity contribution >= 4 is 43.4 Å². The minimum atomic E-state index is -4.96. The number of halogens is 3. The number of rotatable bonds is 4. The van der Waals surface area contributed by atoms with Gasteiger partial charge in [0, 0.05) is 78.5 Å².